The minimum atomic E-state index is -0.0287. The number of hydrogen-bond donors (Lipinski definition) is 0. The van der Waals surface area contributed by atoms with Gasteiger partial charge in [0.1, 0.15) is 6.29 Å². The third-order valence-corrected chi connectivity index (χ3v) is 4.11. The van der Waals surface area contributed by atoms with Crippen molar-refractivity contribution in [1.29, 1.82) is 0 Å². The number of benzene rings is 1. The second-order valence-electron chi connectivity index (χ2n) is 5.11. The molecule has 0 unspecified atom stereocenters. The molecule has 120 valence electrons. The van der Waals surface area contributed by atoms with Crippen molar-refractivity contribution in [3.8, 4) is 11.5 Å². The Bertz CT molecular complexity index is 541. The molecule has 0 atom stereocenters. The molecule has 5 nitrogen and oxygen atoms in total. The summed E-state index contributed by atoms with van der Waals surface area (Å²) in [7, 11) is 0. The molecule has 0 aromatic heterocycles. The molecule has 1 amide bonds. The number of carbonyl (C=O) groups is 2. The fourth-order valence-corrected chi connectivity index (χ4v) is 3.00. The molecular formula is C16H20BrNO4. The van der Waals surface area contributed by atoms with Crippen molar-refractivity contribution in [2.75, 3.05) is 26.3 Å². The minimum absolute atomic E-state index is 0.0199. The summed E-state index contributed by atoms with van der Waals surface area (Å²) in [6.45, 7) is 3.87. The van der Waals surface area contributed by atoms with E-state index < -0.39 is 0 Å². The number of nitrogens with zero attached hydrogens (tertiary/aromatic N) is 1. The van der Waals surface area contributed by atoms with Crippen molar-refractivity contribution in [3.05, 3.63) is 22.2 Å². The molecule has 1 saturated heterocycles. The molecular weight excluding hydrogens is 350 g/mol. The normalized spacial score (nSPS) is 14.5. The number of amides is 1. The quantitative estimate of drug-likeness (QED) is 0.723. The van der Waals surface area contributed by atoms with Crippen LogP contribution in [0.2, 0.25) is 0 Å². The molecule has 1 aliphatic heterocycles. The third-order valence-electron chi connectivity index (χ3n) is 3.52. The second kappa shape index (κ2) is 8.17. The molecule has 1 fully saturated rings. The number of carbonyl (C=O) groups excluding carboxylic acids is 2. The monoisotopic (exact) mass is 369 g/mol. The van der Waals surface area contributed by atoms with Crippen LogP contribution in [-0.2, 0) is 4.79 Å². The Hall–Kier alpha value is -1.56. The molecule has 1 aliphatic rings. The lowest BCUT2D eigenvalue weighted by molar-refractivity contribution is -0.134. The highest BCUT2D eigenvalue weighted by molar-refractivity contribution is 9.10. The zero-order valence-corrected chi connectivity index (χ0v) is 14.2. The van der Waals surface area contributed by atoms with Gasteiger partial charge in [0.2, 0.25) is 0 Å². The Morgan fingerprint density at radius 1 is 1.27 bits per heavy atom. The molecule has 6 heteroatoms. The van der Waals surface area contributed by atoms with Crippen molar-refractivity contribution in [2.45, 2.75) is 26.2 Å². The van der Waals surface area contributed by atoms with Gasteiger partial charge in [0.25, 0.3) is 5.91 Å². The van der Waals surface area contributed by atoms with Gasteiger partial charge in [-0.15, -0.1) is 0 Å². The molecule has 22 heavy (non-hydrogen) atoms. The lowest BCUT2D eigenvalue weighted by atomic mass is 10.1. The van der Waals surface area contributed by atoms with Crippen molar-refractivity contribution in [2.24, 2.45) is 0 Å². The molecule has 0 saturated carbocycles. The first-order valence-electron chi connectivity index (χ1n) is 7.47. The molecule has 0 bridgehead atoms. The fourth-order valence-electron chi connectivity index (χ4n) is 2.43. The minimum Gasteiger partial charge on any atom is -0.490 e. The van der Waals surface area contributed by atoms with Gasteiger partial charge in [0.05, 0.1) is 11.1 Å². The van der Waals surface area contributed by atoms with Crippen LogP contribution >= 0.6 is 15.9 Å². The summed E-state index contributed by atoms with van der Waals surface area (Å²) in [6, 6.07) is 3.26. The van der Waals surface area contributed by atoms with E-state index in [-0.39, 0.29) is 12.5 Å². The summed E-state index contributed by atoms with van der Waals surface area (Å²) in [5.41, 5.74) is 0.491. The molecule has 1 heterocycles. The van der Waals surface area contributed by atoms with Crippen molar-refractivity contribution < 1.29 is 19.1 Å². The number of rotatable bonds is 6. The van der Waals surface area contributed by atoms with Crippen molar-refractivity contribution in [1.82, 2.24) is 4.90 Å². The maximum absolute atomic E-state index is 12.2. The Kier molecular flexibility index (Phi) is 6.24. The van der Waals surface area contributed by atoms with E-state index in [1.54, 1.807) is 12.1 Å². The van der Waals surface area contributed by atoms with Crippen LogP contribution in [-0.4, -0.2) is 43.4 Å². The Labute approximate surface area is 138 Å². The van der Waals surface area contributed by atoms with E-state index in [1.165, 1.54) is 6.42 Å². The Balaban J connectivity index is 2.07. The molecule has 0 radical (unpaired) electrons. The lowest BCUT2D eigenvalue weighted by Gasteiger charge is -2.26. The van der Waals surface area contributed by atoms with E-state index in [1.807, 2.05) is 11.8 Å². The topological polar surface area (TPSA) is 55.8 Å². The zero-order chi connectivity index (χ0) is 15.9. The van der Waals surface area contributed by atoms with E-state index >= 15 is 0 Å². The molecule has 2 rings (SSSR count). The lowest BCUT2D eigenvalue weighted by Crippen LogP contribution is -2.38. The zero-order valence-electron chi connectivity index (χ0n) is 12.6. The maximum atomic E-state index is 12.2. The standard InChI is InChI=1S/C16H20BrNO4/c1-2-21-14-9-12(10-19)8-13(17)16(14)22-11-15(20)18-6-4-3-5-7-18/h8-10H,2-7,11H2,1H3. The number of aldehydes is 1. The molecule has 0 spiro atoms. The molecule has 0 N–H and O–H groups in total. The van der Waals surface area contributed by atoms with Crippen LogP contribution in [0.1, 0.15) is 36.5 Å². The predicted molar refractivity (Wildman–Crippen MR) is 86.6 cm³/mol. The van der Waals surface area contributed by atoms with E-state index in [0.717, 1.165) is 32.2 Å². The summed E-state index contributed by atoms with van der Waals surface area (Å²) < 4.78 is 11.8. The van der Waals surface area contributed by atoms with E-state index in [2.05, 4.69) is 15.9 Å². The van der Waals surface area contributed by atoms with Gasteiger partial charge >= 0.3 is 0 Å². The van der Waals surface area contributed by atoms with Gasteiger partial charge in [-0.05, 0) is 54.2 Å². The summed E-state index contributed by atoms with van der Waals surface area (Å²) in [4.78, 5) is 24.9. The first kappa shape index (κ1) is 16.8. The van der Waals surface area contributed by atoms with Crippen molar-refractivity contribution >= 4 is 28.1 Å². The van der Waals surface area contributed by atoms with Crippen LogP contribution in [0.15, 0.2) is 16.6 Å². The smallest absolute Gasteiger partial charge is 0.260 e. The second-order valence-corrected chi connectivity index (χ2v) is 5.97. The number of likely N-dealkylation sites (tertiary alicyclic amines) is 1. The summed E-state index contributed by atoms with van der Waals surface area (Å²) in [5, 5.41) is 0. The van der Waals surface area contributed by atoms with Gasteiger partial charge in [0.15, 0.2) is 18.1 Å². The van der Waals surface area contributed by atoms with Gasteiger partial charge in [-0.2, -0.15) is 0 Å². The maximum Gasteiger partial charge on any atom is 0.260 e. The highest BCUT2D eigenvalue weighted by Crippen LogP contribution is 2.36. The van der Waals surface area contributed by atoms with Gasteiger partial charge in [-0.1, -0.05) is 0 Å². The number of hydrogen-bond acceptors (Lipinski definition) is 4. The van der Waals surface area contributed by atoms with E-state index in [4.69, 9.17) is 9.47 Å². The predicted octanol–water partition coefficient (Wildman–Crippen LogP) is 3.05. The number of halogens is 1. The summed E-state index contributed by atoms with van der Waals surface area (Å²) >= 11 is 3.37. The molecule has 1 aromatic carbocycles. The number of piperidine rings is 1. The highest BCUT2D eigenvalue weighted by Gasteiger charge is 2.19. The van der Waals surface area contributed by atoms with Crippen LogP contribution in [0.5, 0.6) is 11.5 Å². The Morgan fingerprint density at radius 2 is 2.00 bits per heavy atom. The van der Waals surface area contributed by atoms with Crippen LogP contribution in [0.4, 0.5) is 0 Å². The SMILES string of the molecule is CCOc1cc(C=O)cc(Br)c1OCC(=O)N1CCCCC1. The Morgan fingerprint density at radius 3 is 2.64 bits per heavy atom. The van der Waals surface area contributed by atoms with Crippen LogP contribution in [0.25, 0.3) is 0 Å². The van der Waals surface area contributed by atoms with Crippen LogP contribution in [0, 0.1) is 0 Å². The third kappa shape index (κ3) is 4.22. The van der Waals surface area contributed by atoms with Gasteiger partial charge in [0, 0.05) is 18.7 Å². The van der Waals surface area contributed by atoms with E-state index in [9.17, 15) is 9.59 Å². The molecule has 1 aromatic rings. The van der Waals surface area contributed by atoms with Crippen LogP contribution < -0.4 is 9.47 Å². The first-order valence-corrected chi connectivity index (χ1v) is 8.27. The van der Waals surface area contributed by atoms with Gasteiger partial charge < -0.3 is 14.4 Å². The average Bonchev–Trinajstić information content (AvgIpc) is 2.54. The summed E-state index contributed by atoms with van der Waals surface area (Å²) in [5.74, 6) is 0.900. The number of ether oxygens (including phenoxy) is 2. The summed E-state index contributed by atoms with van der Waals surface area (Å²) in [6.07, 6.45) is 4.02. The fraction of sp³-hybridized carbons (Fsp3) is 0.500. The van der Waals surface area contributed by atoms with E-state index in [0.29, 0.717) is 28.1 Å². The highest BCUT2D eigenvalue weighted by atomic mass is 79.9. The molecule has 0 aliphatic carbocycles. The first-order chi connectivity index (χ1) is 10.7. The average molecular weight is 370 g/mol. The van der Waals surface area contributed by atoms with Crippen LogP contribution in [0.3, 0.4) is 0 Å². The van der Waals surface area contributed by atoms with Gasteiger partial charge in [-0.25, -0.2) is 0 Å². The van der Waals surface area contributed by atoms with Crippen molar-refractivity contribution in [3.63, 3.8) is 0 Å². The van der Waals surface area contributed by atoms with Gasteiger partial charge in [-0.3, -0.25) is 9.59 Å². The largest absolute Gasteiger partial charge is 0.490 e.